The van der Waals surface area contributed by atoms with Gasteiger partial charge in [0.05, 0.1) is 20.1 Å². The molecule has 0 bridgehead atoms. The van der Waals surface area contributed by atoms with Gasteiger partial charge in [0.15, 0.2) is 9.84 Å². The fourth-order valence-corrected chi connectivity index (χ4v) is 4.83. The summed E-state index contributed by atoms with van der Waals surface area (Å²) in [6.07, 6.45) is 3.85. The molecule has 0 radical (unpaired) electrons. The third-order valence-corrected chi connectivity index (χ3v) is 6.40. The number of nitrogens with zero attached hydrogens (tertiary/aromatic N) is 1. The number of hydrogen-bond acceptors (Lipinski definition) is 2. The van der Waals surface area contributed by atoms with Crippen LogP contribution in [0.25, 0.3) is 0 Å². The van der Waals surface area contributed by atoms with E-state index in [0.29, 0.717) is 11.8 Å². The maximum absolute atomic E-state index is 11.4. The third kappa shape index (κ3) is 1.48. The van der Waals surface area contributed by atoms with E-state index in [9.17, 15) is 8.42 Å². The van der Waals surface area contributed by atoms with Crippen LogP contribution in [0.3, 0.4) is 0 Å². The molecular formula is C10H20NO2S+. The zero-order valence-electron chi connectivity index (χ0n) is 9.07. The Morgan fingerprint density at radius 1 is 1.14 bits per heavy atom. The molecule has 0 aromatic rings. The number of piperidine rings is 1. The number of sulfone groups is 1. The number of rotatable bonds is 1. The molecule has 2 saturated heterocycles. The predicted octanol–water partition coefficient (Wildman–Crippen LogP) is 0.802. The Balaban J connectivity index is 2.09. The third-order valence-electron chi connectivity index (χ3n) is 4.15. The molecule has 4 heteroatoms. The minimum atomic E-state index is -2.71. The van der Waals surface area contributed by atoms with Crippen molar-refractivity contribution in [1.82, 2.24) is 0 Å². The van der Waals surface area contributed by atoms with Gasteiger partial charge in [-0.2, -0.15) is 0 Å². The topological polar surface area (TPSA) is 34.1 Å². The van der Waals surface area contributed by atoms with Crippen LogP contribution in [-0.4, -0.2) is 50.1 Å². The van der Waals surface area contributed by atoms with E-state index < -0.39 is 9.84 Å². The lowest BCUT2D eigenvalue weighted by Gasteiger charge is -2.50. The highest BCUT2D eigenvalue weighted by molar-refractivity contribution is 7.93. The number of quaternary nitrogens is 1. The Hall–Kier alpha value is -0.0900. The highest BCUT2D eigenvalue weighted by Crippen LogP contribution is 2.33. The van der Waals surface area contributed by atoms with E-state index in [1.165, 1.54) is 32.4 Å². The van der Waals surface area contributed by atoms with Gasteiger partial charge < -0.3 is 4.48 Å². The van der Waals surface area contributed by atoms with Gasteiger partial charge >= 0.3 is 0 Å². The maximum atomic E-state index is 11.4. The van der Waals surface area contributed by atoms with Gasteiger partial charge in [-0.05, 0) is 26.2 Å². The zero-order valence-corrected chi connectivity index (χ0v) is 9.89. The summed E-state index contributed by atoms with van der Waals surface area (Å²) in [6.45, 7) is 4.22. The van der Waals surface area contributed by atoms with Gasteiger partial charge in [-0.1, -0.05) is 0 Å². The molecule has 0 saturated carbocycles. The van der Waals surface area contributed by atoms with Gasteiger partial charge in [0.1, 0.15) is 17.0 Å². The molecule has 2 atom stereocenters. The molecule has 0 amide bonds. The quantitative estimate of drug-likeness (QED) is 0.610. The van der Waals surface area contributed by atoms with Crippen LogP contribution < -0.4 is 0 Å². The van der Waals surface area contributed by atoms with E-state index in [4.69, 9.17) is 0 Å². The average molecular weight is 218 g/mol. The van der Waals surface area contributed by atoms with E-state index in [2.05, 4.69) is 7.05 Å². The first-order valence-electron chi connectivity index (χ1n) is 5.51. The molecular weight excluding hydrogens is 198 g/mol. The minimum absolute atomic E-state index is 0.106. The van der Waals surface area contributed by atoms with Crippen LogP contribution in [0.5, 0.6) is 0 Å². The van der Waals surface area contributed by atoms with Crippen LogP contribution in [0.15, 0.2) is 0 Å². The van der Waals surface area contributed by atoms with Crippen molar-refractivity contribution in [2.45, 2.75) is 37.5 Å². The molecule has 3 nitrogen and oxygen atoms in total. The normalized spacial score (nSPS) is 40.1. The van der Waals surface area contributed by atoms with Crippen molar-refractivity contribution < 1.29 is 12.9 Å². The maximum Gasteiger partial charge on any atom is 0.164 e. The molecule has 82 valence electrons. The summed E-state index contributed by atoms with van der Waals surface area (Å²) in [5.41, 5.74) is 0. The Morgan fingerprint density at radius 2 is 1.71 bits per heavy atom. The van der Waals surface area contributed by atoms with E-state index in [1.807, 2.05) is 6.92 Å². The van der Waals surface area contributed by atoms with Crippen molar-refractivity contribution in [3.8, 4) is 0 Å². The fourth-order valence-electron chi connectivity index (χ4n) is 2.90. The lowest BCUT2D eigenvalue weighted by molar-refractivity contribution is -0.936. The summed E-state index contributed by atoms with van der Waals surface area (Å²) < 4.78 is 23.8. The highest BCUT2D eigenvalue weighted by Gasteiger charge is 2.53. The monoisotopic (exact) mass is 218 g/mol. The second kappa shape index (κ2) is 3.20. The average Bonchev–Trinajstić information content (AvgIpc) is 2.15. The minimum Gasteiger partial charge on any atom is -0.322 e. The highest BCUT2D eigenvalue weighted by atomic mass is 32.2. The standard InChI is InChI=1S/C10H20NO2S/c1-9-10(8-14(9,12)13)11(2)6-4-3-5-7-11/h9-10H,3-8H2,1-2H3/q+1/t9-,10-/m0/s1. The van der Waals surface area contributed by atoms with Crippen LogP contribution in [-0.2, 0) is 9.84 Å². The van der Waals surface area contributed by atoms with Gasteiger partial charge in [-0.15, -0.1) is 0 Å². The van der Waals surface area contributed by atoms with Crippen LogP contribution in [0.4, 0.5) is 0 Å². The first kappa shape index (κ1) is 10.4. The predicted molar refractivity (Wildman–Crippen MR) is 56.8 cm³/mol. The molecule has 0 aromatic carbocycles. The van der Waals surface area contributed by atoms with Crippen LogP contribution >= 0.6 is 0 Å². The van der Waals surface area contributed by atoms with Crippen molar-refractivity contribution in [3.05, 3.63) is 0 Å². The largest absolute Gasteiger partial charge is 0.322 e. The molecule has 2 fully saturated rings. The van der Waals surface area contributed by atoms with Gasteiger partial charge in [0.25, 0.3) is 0 Å². The van der Waals surface area contributed by atoms with Crippen LogP contribution in [0.1, 0.15) is 26.2 Å². The summed E-state index contributed by atoms with van der Waals surface area (Å²) in [4.78, 5) is 0. The molecule has 2 aliphatic heterocycles. The second-order valence-corrected chi connectivity index (χ2v) is 7.49. The Morgan fingerprint density at radius 3 is 2.14 bits per heavy atom. The molecule has 2 aliphatic rings. The first-order chi connectivity index (χ1) is 6.46. The smallest absolute Gasteiger partial charge is 0.164 e. The molecule has 0 N–H and O–H groups in total. The Labute approximate surface area is 86.6 Å². The summed E-state index contributed by atoms with van der Waals surface area (Å²) in [5, 5.41) is -0.106. The SMILES string of the molecule is C[C@H]1[C@@H]([N+]2(C)CCCCC2)CS1(=O)=O. The first-order valence-corrected chi connectivity index (χ1v) is 7.23. The van der Waals surface area contributed by atoms with Crippen molar-refractivity contribution >= 4 is 9.84 Å². The summed E-state index contributed by atoms with van der Waals surface area (Å²) in [7, 11) is -0.481. The lowest BCUT2D eigenvalue weighted by Crippen LogP contribution is -2.68. The van der Waals surface area contributed by atoms with E-state index in [0.717, 1.165) is 4.48 Å². The molecule has 0 spiro atoms. The summed E-state index contributed by atoms with van der Waals surface area (Å²) in [6, 6.07) is 0.375. The molecule has 0 unspecified atom stereocenters. The van der Waals surface area contributed by atoms with E-state index in [1.54, 1.807) is 0 Å². The molecule has 14 heavy (non-hydrogen) atoms. The van der Waals surface area contributed by atoms with E-state index >= 15 is 0 Å². The summed E-state index contributed by atoms with van der Waals surface area (Å²) in [5.74, 6) is 0.421. The number of hydrogen-bond donors (Lipinski definition) is 0. The fraction of sp³-hybridized carbons (Fsp3) is 1.00. The lowest BCUT2D eigenvalue weighted by atomic mass is 10.0. The van der Waals surface area contributed by atoms with Gasteiger partial charge in [0, 0.05) is 0 Å². The van der Waals surface area contributed by atoms with Gasteiger partial charge in [0.2, 0.25) is 0 Å². The van der Waals surface area contributed by atoms with Crippen molar-refractivity contribution in [3.63, 3.8) is 0 Å². The summed E-state index contributed by atoms with van der Waals surface area (Å²) >= 11 is 0. The molecule has 2 heterocycles. The van der Waals surface area contributed by atoms with Crippen LogP contribution in [0.2, 0.25) is 0 Å². The Kier molecular flexibility index (Phi) is 2.39. The second-order valence-electron chi connectivity index (χ2n) is 5.09. The molecule has 0 aromatic heterocycles. The molecule has 0 aliphatic carbocycles. The van der Waals surface area contributed by atoms with E-state index in [-0.39, 0.29) is 5.25 Å². The Bertz CT molecular complexity index is 317. The van der Waals surface area contributed by atoms with Gasteiger partial charge in [-0.25, -0.2) is 8.42 Å². The van der Waals surface area contributed by atoms with Crippen molar-refractivity contribution in [1.29, 1.82) is 0 Å². The van der Waals surface area contributed by atoms with Gasteiger partial charge in [-0.3, -0.25) is 0 Å². The van der Waals surface area contributed by atoms with Crippen LogP contribution in [0, 0.1) is 0 Å². The van der Waals surface area contributed by atoms with Crippen molar-refractivity contribution in [2.75, 3.05) is 25.9 Å². The zero-order chi connectivity index (χ0) is 10.4. The molecule has 2 rings (SSSR count). The number of likely N-dealkylation sites (tertiary alicyclic amines) is 1. The van der Waals surface area contributed by atoms with Crippen molar-refractivity contribution in [2.24, 2.45) is 0 Å².